The molecule has 4 aromatic rings. The molecule has 0 atom stereocenters. The van der Waals surface area contributed by atoms with Crippen LogP contribution in [0.4, 0.5) is 0 Å². The van der Waals surface area contributed by atoms with Crippen LogP contribution in [0.15, 0.2) is 44.3 Å². The number of nitrogens with zero attached hydrogens (tertiary/aromatic N) is 3. The molecule has 1 N–H and O–H groups in total. The van der Waals surface area contributed by atoms with Gasteiger partial charge < -0.3 is 8.98 Å². The van der Waals surface area contributed by atoms with Crippen molar-refractivity contribution >= 4 is 22.1 Å². The van der Waals surface area contributed by atoms with Gasteiger partial charge in [-0.05, 0) is 12.1 Å². The average Bonchev–Trinajstić information content (AvgIpc) is 3.06. The molecule has 7 nitrogen and oxygen atoms in total. The van der Waals surface area contributed by atoms with E-state index >= 15 is 0 Å². The van der Waals surface area contributed by atoms with Crippen LogP contribution in [0.25, 0.3) is 33.7 Å². The molecule has 0 fully saturated rings. The predicted octanol–water partition coefficient (Wildman–Crippen LogP) is 1.37. The molecule has 110 valence electrons. The summed E-state index contributed by atoms with van der Waals surface area (Å²) in [5.74, 6) is 1.05. The highest BCUT2D eigenvalue weighted by molar-refractivity contribution is 5.83. The molecule has 4 rings (SSSR count). The number of furan rings is 1. The molecule has 0 aliphatic carbocycles. The van der Waals surface area contributed by atoms with Crippen LogP contribution < -0.4 is 11.2 Å². The fourth-order valence-electron chi connectivity index (χ4n) is 2.62. The van der Waals surface area contributed by atoms with Crippen molar-refractivity contribution in [3.63, 3.8) is 0 Å². The lowest BCUT2D eigenvalue weighted by molar-refractivity contribution is 0.621. The van der Waals surface area contributed by atoms with E-state index in [1.807, 2.05) is 30.3 Å². The van der Waals surface area contributed by atoms with Gasteiger partial charge >= 0.3 is 5.69 Å². The minimum atomic E-state index is -0.494. The Balaban J connectivity index is 2.09. The highest BCUT2D eigenvalue weighted by Gasteiger charge is 2.18. The van der Waals surface area contributed by atoms with Crippen molar-refractivity contribution in [2.75, 3.05) is 0 Å². The second kappa shape index (κ2) is 4.20. The van der Waals surface area contributed by atoms with Gasteiger partial charge in [-0.15, -0.1) is 0 Å². The first-order valence-corrected chi connectivity index (χ1v) is 6.71. The molecule has 22 heavy (non-hydrogen) atoms. The van der Waals surface area contributed by atoms with Crippen molar-refractivity contribution in [1.82, 2.24) is 19.1 Å². The van der Waals surface area contributed by atoms with E-state index in [1.165, 1.54) is 4.57 Å². The Hall–Kier alpha value is -3.09. The lowest BCUT2D eigenvalue weighted by atomic mass is 10.2. The summed E-state index contributed by atoms with van der Waals surface area (Å²) >= 11 is 0. The number of benzene rings is 1. The third-order valence-electron chi connectivity index (χ3n) is 3.78. The Labute approximate surface area is 123 Å². The van der Waals surface area contributed by atoms with E-state index in [4.69, 9.17) is 4.42 Å². The summed E-state index contributed by atoms with van der Waals surface area (Å²) in [5, 5.41) is 0.951. The molecule has 3 aromatic heterocycles. The number of aromatic amines is 1. The third kappa shape index (κ3) is 1.59. The monoisotopic (exact) mass is 296 g/mol. The van der Waals surface area contributed by atoms with Gasteiger partial charge in [0, 0.05) is 19.5 Å². The predicted molar refractivity (Wildman–Crippen MR) is 81.8 cm³/mol. The summed E-state index contributed by atoms with van der Waals surface area (Å²) in [6, 6.07) is 9.48. The van der Waals surface area contributed by atoms with Crippen molar-refractivity contribution in [2.45, 2.75) is 0 Å². The molecule has 0 aliphatic rings. The second-order valence-electron chi connectivity index (χ2n) is 5.13. The normalized spacial score (nSPS) is 11.5. The van der Waals surface area contributed by atoms with Gasteiger partial charge in [-0.25, -0.2) is 9.78 Å². The number of nitrogens with one attached hydrogen (secondary N) is 1. The van der Waals surface area contributed by atoms with E-state index in [9.17, 15) is 9.59 Å². The first-order chi connectivity index (χ1) is 10.6. The van der Waals surface area contributed by atoms with Crippen LogP contribution in [-0.2, 0) is 14.1 Å². The van der Waals surface area contributed by atoms with Gasteiger partial charge in [0.05, 0.1) is 0 Å². The van der Waals surface area contributed by atoms with Gasteiger partial charge in [-0.3, -0.25) is 14.3 Å². The topological polar surface area (TPSA) is 85.8 Å². The Kier molecular flexibility index (Phi) is 2.41. The molecule has 0 spiro atoms. The number of hydrogen-bond donors (Lipinski definition) is 1. The number of para-hydroxylation sites is 1. The van der Waals surface area contributed by atoms with E-state index in [1.54, 1.807) is 18.7 Å². The maximum atomic E-state index is 12.0. The number of hydrogen-bond acceptors (Lipinski definition) is 4. The van der Waals surface area contributed by atoms with Crippen molar-refractivity contribution in [2.24, 2.45) is 14.1 Å². The van der Waals surface area contributed by atoms with Gasteiger partial charge in [0.25, 0.3) is 5.56 Å². The molecular weight excluding hydrogens is 284 g/mol. The number of aryl methyl sites for hydroxylation is 2. The van der Waals surface area contributed by atoms with Crippen molar-refractivity contribution in [3.05, 3.63) is 51.2 Å². The van der Waals surface area contributed by atoms with Gasteiger partial charge in [0.2, 0.25) is 0 Å². The maximum Gasteiger partial charge on any atom is 0.329 e. The summed E-state index contributed by atoms with van der Waals surface area (Å²) in [4.78, 5) is 30.4. The molecule has 0 amide bonds. The summed E-state index contributed by atoms with van der Waals surface area (Å²) in [5.41, 5.74) is 0.443. The Morgan fingerprint density at radius 1 is 1.14 bits per heavy atom. The number of rotatable bonds is 1. The molecular formula is C15H12N4O3. The number of fused-ring (bicyclic) bond motifs is 2. The van der Waals surface area contributed by atoms with E-state index in [-0.39, 0.29) is 0 Å². The summed E-state index contributed by atoms with van der Waals surface area (Å²) in [6.45, 7) is 0. The quantitative estimate of drug-likeness (QED) is 0.575. The molecule has 1 aromatic carbocycles. The highest BCUT2D eigenvalue weighted by atomic mass is 16.3. The molecule has 0 saturated carbocycles. The molecule has 3 heterocycles. The fourth-order valence-corrected chi connectivity index (χ4v) is 2.62. The number of aromatic nitrogens is 4. The Morgan fingerprint density at radius 3 is 2.68 bits per heavy atom. The standard InChI is InChI=1S/C15H12N4O3/c1-18-11-13(19(2)15(21)17-14(11)20)16-12(18)10-7-8-5-3-4-6-9(8)22-10/h3-7H,1-2H3,(H,17,20,21). The second-order valence-corrected chi connectivity index (χ2v) is 5.13. The van der Waals surface area contributed by atoms with Crippen molar-refractivity contribution in [1.29, 1.82) is 0 Å². The third-order valence-corrected chi connectivity index (χ3v) is 3.78. The first-order valence-electron chi connectivity index (χ1n) is 6.71. The summed E-state index contributed by atoms with van der Waals surface area (Å²) in [6.07, 6.45) is 0. The molecule has 0 aliphatic heterocycles. The fraction of sp³-hybridized carbons (Fsp3) is 0.133. The SMILES string of the molecule is Cn1c(-c2cc3ccccc3o2)nc2c1c(=O)[nH]c(=O)n2C. The van der Waals surface area contributed by atoms with Crippen LogP contribution in [-0.4, -0.2) is 19.1 Å². The van der Waals surface area contributed by atoms with E-state index in [0.717, 1.165) is 11.0 Å². The van der Waals surface area contributed by atoms with Crippen molar-refractivity contribution < 1.29 is 4.42 Å². The van der Waals surface area contributed by atoms with Crippen LogP contribution in [0.3, 0.4) is 0 Å². The van der Waals surface area contributed by atoms with Crippen LogP contribution in [0.2, 0.25) is 0 Å². The van der Waals surface area contributed by atoms with Crippen LogP contribution in [0.5, 0.6) is 0 Å². The molecule has 0 radical (unpaired) electrons. The Bertz CT molecular complexity index is 1110. The molecule has 7 heteroatoms. The van der Waals surface area contributed by atoms with Crippen molar-refractivity contribution in [3.8, 4) is 11.6 Å². The van der Waals surface area contributed by atoms with E-state index in [0.29, 0.717) is 22.7 Å². The zero-order valence-corrected chi connectivity index (χ0v) is 12.0. The minimum absolute atomic E-state index is 0.326. The zero-order valence-electron chi connectivity index (χ0n) is 12.0. The van der Waals surface area contributed by atoms with E-state index < -0.39 is 11.2 Å². The summed E-state index contributed by atoms with van der Waals surface area (Å²) in [7, 11) is 3.29. The lowest BCUT2D eigenvalue weighted by Crippen LogP contribution is -2.29. The summed E-state index contributed by atoms with van der Waals surface area (Å²) < 4.78 is 8.73. The molecule has 0 saturated heterocycles. The lowest BCUT2D eigenvalue weighted by Gasteiger charge is -1.98. The Morgan fingerprint density at radius 2 is 1.91 bits per heavy atom. The maximum absolute atomic E-state index is 12.0. The largest absolute Gasteiger partial charge is 0.453 e. The smallest absolute Gasteiger partial charge is 0.329 e. The van der Waals surface area contributed by atoms with Gasteiger partial charge in [-0.1, -0.05) is 18.2 Å². The minimum Gasteiger partial charge on any atom is -0.453 e. The molecule has 0 bridgehead atoms. The van der Waals surface area contributed by atoms with Crippen LogP contribution in [0, 0.1) is 0 Å². The highest BCUT2D eigenvalue weighted by Crippen LogP contribution is 2.27. The number of H-pyrrole nitrogens is 1. The van der Waals surface area contributed by atoms with E-state index in [2.05, 4.69) is 9.97 Å². The zero-order chi connectivity index (χ0) is 15.4. The van der Waals surface area contributed by atoms with Crippen LogP contribution in [0.1, 0.15) is 0 Å². The van der Waals surface area contributed by atoms with Crippen LogP contribution >= 0.6 is 0 Å². The first kappa shape index (κ1) is 12.6. The molecule has 0 unspecified atom stereocenters. The average molecular weight is 296 g/mol. The van der Waals surface area contributed by atoms with Gasteiger partial charge in [0.15, 0.2) is 22.7 Å². The van der Waals surface area contributed by atoms with Gasteiger partial charge in [0.1, 0.15) is 5.58 Å². The van der Waals surface area contributed by atoms with Gasteiger partial charge in [-0.2, -0.15) is 0 Å². The number of imidazole rings is 1.